The number of amides is 1. The monoisotopic (exact) mass is 259 g/mol. The molecule has 0 aliphatic heterocycles. The van der Waals surface area contributed by atoms with Crippen molar-refractivity contribution >= 4 is 23.5 Å². The number of nitrogens with one attached hydrogen (secondary N) is 1. The standard InChI is InChI=1S/C11H11ClFNO3/c1-2-9(11(16)17)14-10(15)6-3-4-8(13)7(12)5-6/h3-5,9H,2H2,1H3,(H,14,15)(H,16,17)/t9-/m0/s1. The molecule has 1 aromatic carbocycles. The number of rotatable bonds is 4. The van der Waals surface area contributed by atoms with Crippen molar-refractivity contribution in [3.63, 3.8) is 0 Å². The van der Waals surface area contributed by atoms with Crippen LogP contribution in [0.4, 0.5) is 4.39 Å². The highest BCUT2D eigenvalue weighted by molar-refractivity contribution is 6.31. The second kappa shape index (κ2) is 5.63. The van der Waals surface area contributed by atoms with E-state index in [1.807, 2.05) is 0 Å². The molecule has 2 N–H and O–H groups in total. The maximum atomic E-state index is 12.9. The van der Waals surface area contributed by atoms with E-state index in [4.69, 9.17) is 16.7 Å². The van der Waals surface area contributed by atoms with Gasteiger partial charge < -0.3 is 10.4 Å². The maximum absolute atomic E-state index is 12.9. The second-order valence-corrected chi connectivity index (χ2v) is 3.81. The lowest BCUT2D eigenvalue weighted by molar-refractivity contribution is -0.139. The van der Waals surface area contributed by atoms with E-state index in [1.165, 1.54) is 6.07 Å². The minimum atomic E-state index is -1.12. The van der Waals surface area contributed by atoms with E-state index < -0.39 is 23.7 Å². The Bertz CT molecular complexity index is 450. The molecule has 0 spiro atoms. The van der Waals surface area contributed by atoms with Gasteiger partial charge in [-0.25, -0.2) is 9.18 Å². The molecular formula is C11H11ClFNO3. The Hall–Kier alpha value is -1.62. The van der Waals surface area contributed by atoms with E-state index in [-0.39, 0.29) is 17.0 Å². The fraction of sp³-hybridized carbons (Fsp3) is 0.273. The predicted octanol–water partition coefficient (Wildman–Crippen LogP) is 2.07. The molecule has 4 nitrogen and oxygen atoms in total. The topological polar surface area (TPSA) is 66.4 Å². The number of aliphatic carboxylic acids is 1. The minimum Gasteiger partial charge on any atom is -0.480 e. The molecule has 0 fully saturated rings. The molecule has 0 radical (unpaired) electrons. The molecule has 0 aliphatic rings. The van der Waals surface area contributed by atoms with Crippen LogP contribution in [-0.4, -0.2) is 23.0 Å². The Morgan fingerprint density at radius 2 is 2.18 bits per heavy atom. The molecule has 92 valence electrons. The van der Waals surface area contributed by atoms with Gasteiger partial charge in [0.15, 0.2) is 0 Å². The summed E-state index contributed by atoms with van der Waals surface area (Å²) in [6.45, 7) is 1.64. The number of carboxylic acid groups (broad SMARTS) is 1. The lowest BCUT2D eigenvalue weighted by atomic mass is 10.1. The molecule has 0 aromatic heterocycles. The van der Waals surface area contributed by atoms with Crippen molar-refractivity contribution < 1.29 is 19.1 Å². The molecule has 6 heteroatoms. The van der Waals surface area contributed by atoms with Gasteiger partial charge in [-0.2, -0.15) is 0 Å². The van der Waals surface area contributed by atoms with Crippen molar-refractivity contribution in [2.24, 2.45) is 0 Å². The highest BCUT2D eigenvalue weighted by Gasteiger charge is 2.18. The summed E-state index contributed by atoms with van der Waals surface area (Å²) in [6, 6.07) is 2.48. The molecule has 1 amide bonds. The molecule has 0 heterocycles. The van der Waals surface area contributed by atoms with Crippen LogP contribution in [0.5, 0.6) is 0 Å². The molecule has 17 heavy (non-hydrogen) atoms. The SMILES string of the molecule is CC[C@H](NC(=O)c1ccc(F)c(Cl)c1)C(=O)O. The average Bonchev–Trinajstić information content (AvgIpc) is 2.28. The van der Waals surface area contributed by atoms with Crippen molar-refractivity contribution in [1.29, 1.82) is 0 Å². The summed E-state index contributed by atoms with van der Waals surface area (Å²) in [6.07, 6.45) is 0.260. The molecule has 0 aliphatic carbocycles. The Morgan fingerprint density at radius 3 is 2.65 bits per heavy atom. The Kier molecular flexibility index (Phi) is 4.45. The van der Waals surface area contributed by atoms with Crippen molar-refractivity contribution in [2.75, 3.05) is 0 Å². The number of hydrogen-bond acceptors (Lipinski definition) is 2. The molecule has 0 saturated heterocycles. The van der Waals surface area contributed by atoms with Crippen LogP contribution in [0.1, 0.15) is 23.7 Å². The van der Waals surface area contributed by atoms with Gasteiger partial charge in [0.25, 0.3) is 5.91 Å². The van der Waals surface area contributed by atoms with E-state index >= 15 is 0 Å². The predicted molar refractivity (Wildman–Crippen MR) is 60.6 cm³/mol. The van der Waals surface area contributed by atoms with Gasteiger partial charge in [-0.05, 0) is 24.6 Å². The van der Waals surface area contributed by atoms with Gasteiger partial charge in [-0.15, -0.1) is 0 Å². The van der Waals surface area contributed by atoms with E-state index in [9.17, 15) is 14.0 Å². The summed E-state index contributed by atoms with van der Waals surface area (Å²) in [5.41, 5.74) is 0.121. The second-order valence-electron chi connectivity index (χ2n) is 3.40. The molecule has 1 aromatic rings. The van der Waals surface area contributed by atoms with E-state index in [2.05, 4.69) is 5.32 Å². The number of carboxylic acids is 1. The van der Waals surface area contributed by atoms with Crippen molar-refractivity contribution in [1.82, 2.24) is 5.32 Å². The fourth-order valence-electron chi connectivity index (χ4n) is 1.22. The quantitative estimate of drug-likeness (QED) is 0.870. The Balaban J connectivity index is 2.82. The first-order valence-corrected chi connectivity index (χ1v) is 5.32. The molecular weight excluding hydrogens is 249 g/mol. The normalized spacial score (nSPS) is 11.9. The summed E-state index contributed by atoms with van der Waals surface area (Å²) < 4.78 is 12.9. The lowest BCUT2D eigenvalue weighted by Crippen LogP contribution is -2.40. The van der Waals surface area contributed by atoms with Crippen molar-refractivity contribution in [2.45, 2.75) is 19.4 Å². The third kappa shape index (κ3) is 3.42. The first-order valence-electron chi connectivity index (χ1n) is 4.94. The zero-order valence-electron chi connectivity index (χ0n) is 9.04. The van der Waals surface area contributed by atoms with Crippen molar-refractivity contribution in [3.8, 4) is 0 Å². The number of hydrogen-bond donors (Lipinski definition) is 2. The van der Waals surface area contributed by atoms with Crippen LogP contribution in [0, 0.1) is 5.82 Å². The van der Waals surface area contributed by atoms with Gasteiger partial charge in [0.1, 0.15) is 11.9 Å². The third-order valence-corrected chi connectivity index (χ3v) is 2.48. The van der Waals surface area contributed by atoms with E-state index in [0.29, 0.717) is 0 Å². The first kappa shape index (κ1) is 13.4. The smallest absolute Gasteiger partial charge is 0.326 e. The summed E-state index contributed by atoms with van der Waals surface area (Å²) in [5, 5.41) is 10.9. The third-order valence-electron chi connectivity index (χ3n) is 2.19. The summed E-state index contributed by atoms with van der Waals surface area (Å²) in [4.78, 5) is 22.3. The number of benzene rings is 1. The van der Waals surface area contributed by atoms with Crippen LogP contribution in [0.3, 0.4) is 0 Å². The Labute approximate surface area is 102 Å². The zero-order chi connectivity index (χ0) is 13.0. The maximum Gasteiger partial charge on any atom is 0.326 e. The van der Waals surface area contributed by atoms with Gasteiger partial charge in [-0.1, -0.05) is 18.5 Å². The summed E-state index contributed by atoms with van der Waals surface area (Å²) in [5.74, 6) is -2.34. The first-order chi connectivity index (χ1) is 7.95. The summed E-state index contributed by atoms with van der Waals surface area (Å²) >= 11 is 5.52. The molecule has 1 rings (SSSR count). The van der Waals surface area contributed by atoms with E-state index in [0.717, 1.165) is 12.1 Å². The minimum absolute atomic E-state index is 0.121. The van der Waals surface area contributed by atoms with Crippen LogP contribution >= 0.6 is 11.6 Å². The number of carbonyl (C=O) groups excluding carboxylic acids is 1. The lowest BCUT2D eigenvalue weighted by Gasteiger charge is -2.12. The number of halogens is 2. The van der Waals surface area contributed by atoms with Crippen LogP contribution in [0.15, 0.2) is 18.2 Å². The van der Waals surface area contributed by atoms with Crippen LogP contribution in [0.25, 0.3) is 0 Å². The van der Waals surface area contributed by atoms with E-state index in [1.54, 1.807) is 6.92 Å². The Morgan fingerprint density at radius 1 is 1.53 bits per heavy atom. The largest absolute Gasteiger partial charge is 0.480 e. The fourth-order valence-corrected chi connectivity index (χ4v) is 1.40. The van der Waals surface area contributed by atoms with Gasteiger partial charge in [0, 0.05) is 5.56 Å². The van der Waals surface area contributed by atoms with Gasteiger partial charge in [-0.3, -0.25) is 4.79 Å². The van der Waals surface area contributed by atoms with Crippen LogP contribution in [0.2, 0.25) is 5.02 Å². The average molecular weight is 260 g/mol. The molecule has 1 atom stereocenters. The number of carbonyl (C=O) groups is 2. The summed E-state index contributed by atoms with van der Waals surface area (Å²) in [7, 11) is 0. The van der Waals surface area contributed by atoms with Gasteiger partial charge in [0.2, 0.25) is 0 Å². The highest BCUT2D eigenvalue weighted by atomic mass is 35.5. The van der Waals surface area contributed by atoms with Gasteiger partial charge >= 0.3 is 5.97 Å². The molecule has 0 saturated carbocycles. The highest BCUT2D eigenvalue weighted by Crippen LogP contribution is 2.16. The molecule has 0 bridgehead atoms. The van der Waals surface area contributed by atoms with Crippen LogP contribution in [-0.2, 0) is 4.79 Å². The van der Waals surface area contributed by atoms with Crippen molar-refractivity contribution in [3.05, 3.63) is 34.6 Å². The van der Waals surface area contributed by atoms with Gasteiger partial charge in [0.05, 0.1) is 5.02 Å². The zero-order valence-corrected chi connectivity index (χ0v) is 9.79. The van der Waals surface area contributed by atoms with Crippen LogP contribution < -0.4 is 5.32 Å². The molecule has 0 unspecified atom stereocenters.